The Morgan fingerprint density at radius 3 is 2.28 bits per heavy atom. The summed E-state index contributed by atoms with van der Waals surface area (Å²) in [7, 11) is 0. The molecule has 0 bridgehead atoms. The number of nitrogens with one attached hydrogen (secondary N) is 1. The van der Waals surface area contributed by atoms with Gasteiger partial charge in [0, 0.05) is 5.54 Å². The van der Waals surface area contributed by atoms with E-state index in [-0.39, 0.29) is 5.54 Å². The Hall–Kier alpha value is -0.180. The minimum atomic E-state index is 0.142. The van der Waals surface area contributed by atoms with Crippen molar-refractivity contribution in [3.05, 3.63) is 0 Å². The summed E-state index contributed by atoms with van der Waals surface area (Å²) in [5, 5.41) is 4.71. The Bertz CT molecular complexity index is 276. The van der Waals surface area contributed by atoms with Gasteiger partial charge in [-0.3, -0.25) is 4.99 Å². The van der Waals surface area contributed by atoms with Gasteiger partial charge in [-0.1, -0.05) is 39.0 Å². The molecule has 0 amide bonds. The van der Waals surface area contributed by atoms with E-state index in [0.29, 0.717) is 6.04 Å². The molecule has 2 atom stereocenters. The predicted octanol–water partition coefficient (Wildman–Crippen LogP) is 4.31. The van der Waals surface area contributed by atoms with E-state index in [1.807, 2.05) is 0 Å². The van der Waals surface area contributed by atoms with Gasteiger partial charge in [-0.15, -0.1) is 0 Å². The van der Waals surface area contributed by atoms with E-state index in [2.05, 4.69) is 46.2 Å². The number of nitrogens with zero attached hydrogens (tertiary/aromatic N) is 1. The molecule has 0 aromatic heterocycles. The summed E-state index contributed by atoms with van der Waals surface area (Å²) in [4.78, 5) is 5.02. The molecule has 2 nitrogen and oxygen atoms in total. The summed E-state index contributed by atoms with van der Waals surface area (Å²) in [5.41, 5.74) is 0.142. The average molecular weight is 270 g/mol. The fourth-order valence-corrected chi connectivity index (χ4v) is 3.17. The Kier molecular flexibility index (Phi) is 6.03. The van der Waals surface area contributed by atoms with Crippen LogP contribution in [-0.2, 0) is 0 Å². The Labute approximate surface area is 117 Å². The zero-order valence-corrected chi connectivity index (χ0v) is 13.7. The van der Waals surface area contributed by atoms with Gasteiger partial charge in [0.25, 0.3) is 0 Å². The first kappa shape index (κ1) is 15.9. The van der Waals surface area contributed by atoms with Crippen molar-refractivity contribution in [2.45, 2.75) is 71.9 Å². The molecule has 3 heteroatoms. The highest BCUT2D eigenvalue weighted by Gasteiger charge is 2.28. The highest BCUT2D eigenvalue weighted by Crippen LogP contribution is 2.31. The van der Waals surface area contributed by atoms with Crippen molar-refractivity contribution in [2.24, 2.45) is 16.8 Å². The standard InChI is InChI=1S/C15H30N2S/c1-7-15(4,5)17-14(18-6)16-13-11(2)9-8-10-12(13)3/h11-13H,7-10H2,1-6H3,(H,16,17). The average Bonchev–Trinajstić information content (AvgIpc) is 2.32. The molecular formula is C15H30N2S. The van der Waals surface area contributed by atoms with Crippen LogP contribution in [0, 0.1) is 11.8 Å². The van der Waals surface area contributed by atoms with Gasteiger partial charge in [0.15, 0.2) is 5.17 Å². The summed E-state index contributed by atoms with van der Waals surface area (Å²) in [6, 6.07) is 0.501. The maximum absolute atomic E-state index is 5.02. The zero-order valence-electron chi connectivity index (χ0n) is 12.9. The number of aliphatic imine (C=N–C) groups is 1. The quantitative estimate of drug-likeness (QED) is 0.610. The van der Waals surface area contributed by atoms with Crippen LogP contribution >= 0.6 is 11.8 Å². The Morgan fingerprint density at radius 1 is 1.28 bits per heavy atom. The van der Waals surface area contributed by atoms with Crippen molar-refractivity contribution in [1.29, 1.82) is 0 Å². The minimum absolute atomic E-state index is 0.142. The maximum atomic E-state index is 5.02. The SMILES string of the molecule is CCC(C)(C)NC(=NC1C(C)CCCC1C)SC. The molecule has 0 aromatic rings. The van der Waals surface area contributed by atoms with Gasteiger partial charge in [-0.25, -0.2) is 0 Å². The molecule has 1 N–H and O–H groups in total. The number of hydrogen-bond acceptors (Lipinski definition) is 2. The molecule has 1 fully saturated rings. The summed E-state index contributed by atoms with van der Waals surface area (Å²) in [6.45, 7) is 11.4. The highest BCUT2D eigenvalue weighted by atomic mass is 32.2. The molecule has 0 radical (unpaired) electrons. The van der Waals surface area contributed by atoms with Crippen LogP contribution < -0.4 is 5.32 Å². The largest absolute Gasteiger partial charge is 0.360 e. The van der Waals surface area contributed by atoms with Crippen LogP contribution in [0.15, 0.2) is 4.99 Å². The zero-order chi connectivity index (χ0) is 13.8. The lowest BCUT2D eigenvalue weighted by Gasteiger charge is -2.33. The third-order valence-electron chi connectivity index (χ3n) is 4.27. The molecule has 106 valence electrons. The third kappa shape index (κ3) is 4.49. The van der Waals surface area contributed by atoms with Crippen LogP contribution in [0.2, 0.25) is 0 Å². The molecule has 0 saturated heterocycles. The van der Waals surface area contributed by atoms with Crippen molar-refractivity contribution in [1.82, 2.24) is 5.32 Å². The van der Waals surface area contributed by atoms with Gasteiger partial charge in [0.1, 0.15) is 0 Å². The highest BCUT2D eigenvalue weighted by molar-refractivity contribution is 8.13. The Morgan fingerprint density at radius 2 is 1.83 bits per heavy atom. The monoisotopic (exact) mass is 270 g/mol. The van der Waals surface area contributed by atoms with Crippen molar-refractivity contribution in [3.8, 4) is 0 Å². The lowest BCUT2D eigenvalue weighted by molar-refractivity contribution is 0.252. The fourth-order valence-electron chi connectivity index (χ4n) is 2.57. The summed E-state index contributed by atoms with van der Waals surface area (Å²) < 4.78 is 0. The summed E-state index contributed by atoms with van der Waals surface area (Å²) in [6.07, 6.45) is 7.27. The third-order valence-corrected chi connectivity index (χ3v) is 4.87. The van der Waals surface area contributed by atoms with E-state index in [9.17, 15) is 0 Å². The van der Waals surface area contributed by atoms with E-state index in [1.54, 1.807) is 11.8 Å². The second-order valence-corrected chi connectivity index (χ2v) is 7.17. The fraction of sp³-hybridized carbons (Fsp3) is 0.933. The first-order valence-corrected chi connectivity index (χ1v) is 8.52. The lowest BCUT2D eigenvalue weighted by Crippen LogP contribution is -2.43. The number of rotatable bonds is 3. The molecule has 0 spiro atoms. The molecular weight excluding hydrogens is 240 g/mol. The van der Waals surface area contributed by atoms with Gasteiger partial charge in [-0.2, -0.15) is 0 Å². The van der Waals surface area contributed by atoms with Crippen LogP contribution in [0.1, 0.15) is 60.3 Å². The van der Waals surface area contributed by atoms with Gasteiger partial charge in [0.2, 0.25) is 0 Å². The van der Waals surface area contributed by atoms with Crippen LogP contribution in [0.3, 0.4) is 0 Å². The van der Waals surface area contributed by atoms with Crippen LogP contribution in [-0.4, -0.2) is 23.0 Å². The number of thioether (sulfide) groups is 1. The molecule has 0 heterocycles. The Balaban J connectivity index is 2.76. The number of amidine groups is 1. The van der Waals surface area contributed by atoms with E-state index in [1.165, 1.54) is 19.3 Å². The van der Waals surface area contributed by atoms with Crippen LogP contribution in [0.5, 0.6) is 0 Å². The van der Waals surface area contributed by atoms with Crippen LogP contribution in [0.25, 0.3) is 0 Å². The number of hydrogen-bond donors (Lipinski definition) is 1. The topological polar surface area (TPSA) is 24.4 Å². The van der Waals surface area contributed by atoms with Crippen LogP contribution in [0.4, 0.5) is 0 Å². The molecule has 0 aliphatic heterocycles. The molecule has 1 rings (SSSR count). The van der Waals surface area contributed by atoms with Gasteiger partial charge < -0.3 is 5.32 Å². The van der Waals surface area contributed by atoms with E-state index < -0.39 is 0 Å². The summed E-state index contributed by atoms with van der Waals surface area (Å²) >= 11 is 1.75. The predicted molar refractivity (Wildman–Crippen MR) is 84.4 cm³/mol. The van der Waals surface area contributed by atoms with Gasteiger partial charge in [0.05, 0.1) is 6.04 Å². The van der Waals surface area contributed by atoms with E-state index in [4.69, 9.17) is 4.99 Å². The first-order valence-electron chi connectivity index (χ1n) is 7.29. The van der Waals surface area contributed by atoms with Crippen molar-refractivity contribution in [3.63, 3.8) is 0 Å². The minimum Gasteiger partial charge on any atom is -0.360 e. The van der Waals surface area contributed by atoms with Crippen molar-refractivity contribution < 1.29 is 0 Å². The van der Waals surface area contributed by atoms with E-state index >= 15 is 0 Å². The molecule has 2 unspecified atom stereocenters. The van der Waals surface area contributed by atoms with E-state index in [0.717, 1.165) is 23.4 Å². The molecule has 1 saturated carbocycles. The molecule has 1 aliphatic rings. The molecule has 1 aliphatic carbocycles. The molecule has 0 aromatic carbocycles. The smallest absolute Gasteiger partial charge is 0.156 e. The maximum Gasteiger partial charge on any atom is 0.156 e. The second kappa shape index (κ2) is 6.83. The first-order chi connectivity index (χ1) is 8.39. The lowest BCUT2D eigenvalue weighted by atomic mass is 9.79. The second-order valence-electron chi connectivity index (χ2n) is 6.38. The summed E-state index contributed by atoms with van der Waals surface area (Å²) in [5.74, 6) is 1.45. The van der Waals surface area contributed by atoms with Gasteiger partial charge in [-0.05, 0) is 51.2 Å². The normalized spacial score (nSPS) is 30.3. The van der Waals surface area contributed by atoms with Gasteiger partial charge >= 0.3 is 0 Å². The van der Waals surface area contributed by atoms with Crippen molar-refractivity contribution in [2.75, 3.05) is 6.26 Å². The molecule has 18 heavy (non-hydrogen) atoms. The van der Waals surface area contributed by atoms with Crippen molar-refractivity contribution >= 4 is 16.9 Å².